The van der Waals surface area contributed by atoms with Gasteiger partial charge in [0.1, 0.15) is 6.54 Å². The number of hydrogen-bond acceptors (Lipinski definition) is 7. The largest absolute Gasteiger partial charge is 0.490 e. The molecule has 0 unspecified atom stereocenters. The second-order valence-electron chi connectivity index (χ2n) is 11.2. The summed E-state index contributed by atoms with van der Waals surface area (Å²) < 4.78 is 5.15. The van der Waals surface area contributed by atoms with Gasteiger partial charge >= 0.3 is 11.7 Å². The molecule has 1 N–H and O–H groups in total. The van der Waals surface area contributed by atoms with Gasteiger partial charge in [0.2, 0.25) is 0 Å². The zero-order chi connectivity index (χ0) is 25.9. The molecule has 0 radical (unpaired) electrons. The predicted octanol–water partition coefficient (Wildman–Crippen LogP) is 4.37. The van der Waals surface area contributed by atoms with Crippen molar-refractivity contribution in [1.82, 2.24) is 4.90 Å². The maximum Gasteiger partial charge on any atom is 0.323 e. The Morgan fingerprint density at radius 1 is 1.06 bits per heavy atom. The second kappa shape index (κ2) is 8.32. The number of aliphatic carboxylic acids is 1. The lowest BCUT2D eigenvalue weighted by Gasteiger charge is -2.48. The van der Waals surface area contributed by atoms with E-state index in [4.69, 9.17) is 4.74 Å². The van der Waals surface area contributed by atoms with Crippen LogP contribution in [0.5, 0.6) is 5.75 Å². The molecule has 1 aliphatic heterocycles. The summed E-state index contributed by atoms with van der Waals surface area (Å²) in [6, 6.07) is 4.50. The zero-order valence-electron chi connectivity index (χ0n) is 20.6. The molecular formula is C26H30N2O7. The molecular weight excluding hydrogens is 452 g/mol. The first-order valence-corrected chi connectivity index (χ1v) is 11.6. The van der Waals surface area contributed by atoms with Crippen molar-refractivity contribution in [3.63, 3.8) is 0 Å². The van der Waals surface area contributed by atoms with E-state index in [-0.39, 0.29) is 42.4 Å². The summed E-state index contributed by atoms with van der Waals surface area (Å²) in [5.41, 5.74) is 1.35. The Morgan fingerprint density at radius 3 is 2.00 bits per heavy atom. The van der Waals surface area contributed by atoms with Crippen LogP contribution >= 0.6 is 0 Å². The lowest BCUT2D eigenvalue weighted by molar-refractivity contribution is -0.385. The number of carboxylic acid groups (broad SMARTS) is 1. The first kappa shape index (κ1) is 24.6. The molecule has 186 valence electrons. The zero-order valence-corrected chi connectivity index (χ0v) is 20.6. The SMILES string of the molecule is COc1ccc(C2C3=C(CC(C)(C)CC3=O)N(CC(=O)O)C3=C2C(=O)CC(C)(C)C3)cc1[N+](=O)[O-]. The van der Waals surface area contributed by atoms with Gasteiger partial charge in [0.05, 0.1) is 12.0 Å². The molecule has 1 aromatic rings. The average Bonchev–Trinajstić information content (AvgIpc) is 2.72. The molecule has 0 aromatic heterocycles. The van der Waals surface area contributed by atoms with Crippen LogP contribution in [0.25, 0.3) is 0 Å². The Balaban J connectivity index is 2.03. The van der Waals surface area contributed by atoms with Crippen molar-refractivity contribution in [1.29, 1.82) is 0 Å². The Bertz CT molecular complexity index is 1170. The third-order valence-corrected chi connectivity index (χ3v) is 7.05. The fourth-order valence-corrected chi connectivity index (χ4v) is 5.74. The number of ketones is 2. The van der Waals surface area contributed by atoms with Crippen LogP contribution in [0.3, 0.4) is 0 Å². The minimum absolute atomic E-state index is 0.0812. The molecule has 0 saturated carbocycles. The molecule has 1 aromatic carbocycles. The van der Waals surface area contributed by atoms with Crippen LogP contribution < -0.4 is 4.74 Å². The first-order chi connectivity index (χ1) is 16.2. The topological polar surface area (TPSA) is 127 Å². The summed E-state index contributed by atoms with van der Waals surface area (Å²) >= 11 is 0. The van der Waals surface area contributed by atoms with Gasteiger partial charge in [-0.05, 0) is 35.3 Å². The third kappa shape index (κ3) is 4.35. The van der Waals surface area contributed by atoms with Crippen LogP contribution in [-0.4, -0.2) is 46.1 Å². The summed E-state index contributed by atoms with van der Waals surface area (Å²) in [4.78, 5) is 51.9. The maximum atomic E-state index is 13.6. The van der Waals surface area contributed by atoms with Crippen LogP contribution in [0.15, 0.2) is 40.7 Å². The number of carbonyl (C=O) groups is 3. The van der Waals surface area contributed by atoms with E-state index in [1.807, 2.05) is 27.7 Å². The van der Waals surface area contributed by atoms with Crippen LogP contribution in [0.2, 0.25) is 0 Å². The number of rotatable bonds is 5. The van der Waals surface area contributed by atoms with E-state index >= 15 is 0 Å². The Kier molecular flexibility index (Phi) is 5.85. The summed E-state index contributed by atoms with van der Waals surface area (Å²) in [5, 5.41) is 21.5. The molecule has 0 saturated heterocycles. The Morgan fingerprint density at radius 2 is 1.57 bits per heavy atom. The highest BCUT2D eigenvalue weighted by atomic mass is 16.6. The fourth-order valence-electron chi connectivity index (χ4n) is 5.74. The number of ether oxygens (including phenoxy) is 1. The van der Waals surface area contributed by atoms with Crippen LogP contribution in [0, 0.1) is 20.9 Å². The van der Waals surface area contributed by atoms with Crippen LogP contribution in [0.1, 0.15) is 64.9 Å². The van der Waals surface area contributed by atoms with E-state index in [2.05, 4.69) is 0 Å². The standard InChI is InChI=1S/C26H30N2O7/c1-25(2)9-16-23(18(29)11-25)22(14-6-7-20(35-5)15(8-14)28(33)34)24-17(27(16)13-21(31)32)10-26(3,4)12-19(24)30/h6-8,22H,9-13H2,1-5H3,(H,31,32). The Hall–Kier alpha value is -3.49. The van der Waals surface area contributed by atoms with Crippen LogP contribution in [0.4, 0.5) is 5.69 Å². The molecule has 0 fully saturated rings. The molecule has 0 spiro atoms. The normalized spacial score (nSPS) is 21.6. The molecule has 3 aliphatic rings. The summed E-state index contributed by atoms with van der Waals surface area (Å²) in [7, 11) is 1.34. The van der Waals surface area contributed by atoms with Crippen molar-refractivity contribution in [2.75, 3.05) is 13.7 Å². The quantitative estimate of drug-likeness (QED) is 0.484. The fraction of sp³-hybridized carbons (Fsp3) is 0.500. The highest BCUT2D eigenvalue weighted by Gasteiger charge is 2.49. The van der Waals surface area contributed by atoms with E-state index in [1.54, 1.807) is 11.0 Å². The van der Waals surface area contributed by atoms with E-state index < -0.39 is 27.6 Å². The minimum Gasteiger partial charge on any atom is -0.490 e. The molecule has 35 heavy (non-hydrogen) atoms. The van der Waals surface area contributed by atoms with Crippen LogP contribution in [-0.2, 0) is 14.4 Å². The van der Waals surface area contributed by atoms with Gasteiger partial charge in [-0.15, -0.1) is 0 Å². The number of carbonyl (C=O) groups excluding carboxylic acids is 2. The summed E-state index contributed by atoms with van der Waals surface area (Å²) in [5.74, 6) is -2.10. The number of methoxy groups -OCH3 is 1. The summed E-state index contributed by atoms with van der Waals surface area (Å²) in [6.07, 6.45) is 1.40. The number of Topliss-reactive ketones (excluding diaryl/α,β-unsaturated/α-hetero) is 2. The van der Waals surface area contributed by atoms with Gasteiger partial charge in [0.15, 0.2) is 17.3 Å². The molecule has 9 nitrogen and oxygen atoms in total. The predicted molar refractivity (Wildman–Crippen MR) is 127 cm³/mol. The molecule has 0 amide bonds. The molecule has 1 heterocycles. The molecule has 0 bridgehead atoms. The number of carboxylic acids is 1. The number of nitro benzene ring substituents is 1. The van der Waals surface area contributed by atoms with Crippen molar-refractivity contribution in [2.24, 2.45) is 10.8 Å². The second-order valence-corrected chi connectivity index (χ2v) is 11.2. The van der Waals surface area contributed by atoms with Gasteiger partial charge in [0.25, 0.3) is 0 Å². The molecule has 2 aliphatic carbocycles. The van der Waals surface area contributed by atoms with Gasteiger partial charge in [-0.3, -0.25) is 24.5 Å². The molecule has 9 heteroatoms. The lowest BCUT2D eigenvalue weighted by Crippen LogP contribution is -2.45. The number of allylic oxidation sites excluding steroid dienone is 4. The van der Waals surface area contributed by atoms with Gasteiger partial charge in [0, 0.05) is 47.4 Å². The summed E-state index contributed by atoms with van der Waals surface area (Å²) in [6.45, 7) is 7.47. The van der Waals surface area contributed by atoms with Crippen molar-refractivity contribution >= 4 is 23.2 Å². The van der Waals surface area contributed by atoms with E-state index in [1.165, 1.54) is 19.2 Å². The average molecular weight is 483 g/mol. The smallest absolute Gasteiger partial charge is 0.323 e. The van der Waals surface area contributed by atoms with Gasteiger partial charge in [-0.25, -0.2) is 0 Å². The Labute approximate surface area is 203 Å². The van der Waals surface area contributed by atoms with Crippen molar-refractivity contribution in [3.8, 4) is 5.75 Å². The van der Waals surface area contributed by atoms with Crippen molar-refractivity contribution < 1.29 is 29.2 Å². The van der Waals surface area contributed by atoms with E-state index in [0.717, 1.165) is 0 Å². The maximum absolute atomic E-state index is 13.6. The first-order valence-electron chi connectivity index (χ1n) is 11.6. The highest BCUT2D eigenvalue weighted by Crippen LogP contribution is 2.54. The highest BCUT2D eigenvalue weighted by molar-refractivity contribution is 6.07. The van der Waals surface area contributed by atoms with E-state index in [0.29, 0.717) is 40.9 Å². The van der Waals surface area contributed by atoms with Gasteiger partial charge in [-0.1, -0.05) is 33.8 Å². The monoisotopic (exact) mass is 482 g/mol. The van der Waals surface area contributed by atoms with Crippen molar-refractivity contribution in [3.05, 3.63) is 56.4 Å². The van der Waals surface area contributed by atoms with Gasteiger partial charge in [-0.2, -0.15) is 0 Å². The third-order valence-electron chi connectivity index (χ3n) is 7.05. The number of hydrogen-bond donors (Lipinski definition) is 1. The molecule has 0 atom stereocenters. The number of nitrogens with zero attached hydrogens (tertiary/aromatic N) is 2. The van der Waals surface area contributed by atoms with Gasteiger partial charge < -0.3 is 14.7 Å². The number of benzene rings is 1. The molecule has 4 rings (SSSR count). The minimum atomic E-state index is -1.06. The van der Waals surface area contributed by atoms with E-state index in [9.17, 15) is 29.6 Å². The lowest BCUT2D eigenvalue weighted by atomic mass is 9.63. The number of nitro groups is 1. The van der Waals surface area contributed by atoms with Crippen molar-refractivity contribution in [2.45, 2.75) is 59.3 Å².